The third-order valence-electron chi connectivity index (χ3n) is 5.22. The maximum atomic E-state index is 13.0. The molecular weight excluding hydrogens is 448 g/mol. The maximum absolute atomic E-state index is 13.0. The van der Waals surface area contributed by atoms with Crippen molar-refractivity contribution >= 4 is 23.5 Å². The molecule has 0 aliphatic carbocycles. The molecule has 2 heterocycles. The summed E-state index contributed by atoms with van der Waals surface area (Å²) in [6.45, 7) is 7.18. The number of nitrogens with zero attached hydrogens (tertiary/aromatic N) is 1. The standard InChI is InChI=1S/C22H34N4O8/c1-12(2)7-14(18(27)22(4)11-33-22)23-20(29)16(9-31-5)25-21(30)17(10-32-6)24-19(28)15-8-13(3)34-26-15/h8,12,14,16-17H,7,9-11H2,1-6H3,(H,23,29)(H,24,28)(H,25,30)/t14-,16-,17-,22-/m0/s1. The van der Waals surface area contributed by atoms with Gasteiger partial charge >= 0.3 is 0 Å². The van der Waals surface area contributed by atoms with Crippen molar-refractivity contribution in [1.82, 2.24) is 21.1 Å². The molecule has 0 spiro atoms. The van der Waals surface area contributed by atoms with Gasteiger partial charge in [0.05, 0.1) is 25.9 Å². The van der Waals surface area contributed by atoms with Crippen LogP contribution >= 0.6 is 0 Å². The van der Waals surface area contributed by atoms with E-state index in [1.165, 1.54) is 20.3 Å². The van der Waals surface area contributed by atoms with Crippen LogP contribution < -0.4 is 16.0 Å². The van der Waals surface area contributed by atoms with E-state index in [0.717, 1.165) is 0 Å². The van der Waals surface area contributed by atoms with Crippen LogP contribution in [0.2, 0.25) is 0 Å². The lowest BCUT2D eigenvalue weighted by atomic mass is 9.93. The van der Waals surface area contributed by atoms with Gasteiger partial charge in [-0.1, -0.05) is 19.0 Å². The van der Waals surface area contributed by atoms with Gasteiger partial charge in [-0.3, -0.25) is 19.2 Å². The second kappa shape index (κ2) is 12.0. The van der Waals surface area contributed by atoms with Crippen LogP contribution in [-0.2, 0) is 28.6 Å². The Kier molecular flexibility index (Phi) is 9.71. The van der Waals surface area contributed by atoms with Crippen LogP contribution in [0.3, 0.4) is 0 Å². The first kappa shape index (κ1) is 27.4. The summed E-state index contributed by atoms with van der Waals surface area (Å²) in [6, 6.07) is -1.58. The van der Waals surface area contributed by atoms with Crippen molar-refractivity contribution in [2.24, 2.45) is 5.92 Å². The number of epoxide rings is 1. The molecule has 0 saturated carbocycles. The maximum Gasteiger partial charge on any atom is 0.274 e. The SMILES string of the molecule is COC[C@H](NC(=O)c1cc(C)on1)C(=O)N[C@@H](COC)C(=O)N[C@@H](CC(C)C)C(=O)[C@]1(C)CO1. The van der Waals surface area contributed by atoms with Gasteiger partial charge in [-0.15, -0.1) is 0 Å². The van der Waals surface area contributed by atoms with Crippen LogP contribution in [0.1, 0.15) is 43.4 Å². The molecule has 1 aliphatic rings. The molecule has 1 aliphatic heterocycles. The Morgan fingerprint density at radius 3 is 2.00 bits per heavy atom. The highest BCUT2D eigenvalue weighted by Gasteiger charge is 2.50. The van der Waals surface area contributed by atoms with Crippen molar-refractivity contribution in [2.45, 2.75) is 57.8 Å². The number of rotatable bonds is 14. The molecule has 1 aromatic heterocycles. The zero-order chi connectivity index (χ0) is 25.5. The lowest BCUT2D eigenvalue weighted by Crippen LogP contribution is -2.58. The molecule has 0 unspecified atom stereocenters. The number of ketones is 1. The van der Waals surface area contributed by atoms with Crippen LogP contribution in [-0.4, -0.2) is 86.4 Å². The van der Waals surface area contributed by atoms with Crippen LogP contribution in [0.15, 0.2) is 10.6 Å². The molecule has 34 heavy (non-hydrogen) atoms. The van der Waals surface area contributed by atoms with E-state index in [9.17, 15) is 19.2 Å². The molecule has 12 heteroatoms. The van der Waals surface area contributed by atoms with Crippen molar-refractivity contribution in [3.8, 4) is 0 Å². The first-order chi connectivity index (χ1) is 16.0. The van der Waals surface area contributed by atoms with Gasteiger partial charge < -0.3 is 34.7 Å². The molecule has 2 rings (SSSR count). The molecule has 3 amide bonds. The van der Waals surface area contributed by atoms with Crippen molar-refractivity contribution in [2.75, 3.05) is 34.0 Å². The molecule has 0 aromatic carbocycles. The van der Waals surface area contributed by atoms with Gasteiger partial charge in [0.25, 0.3) is 5.91 Å². The minimum Gasteiger partial charge on any atom is -0.382 e. The number of methoxy groups -OCH3 is 2. The molecule has 1 saturated heterocycles. The number of aryl methyl sites for hydroxylation is 1. The number of nitrogens with one attached hydrogen (secondary N) is 3. The van der Waals surface area contributed by atoms with Gasteiger partial charge in [0.15, 0.2) is 11.5 Å². The lowest BCUT2D eigenvalue weighted by molar-refractivity contribution is -0.134. The van der Waals surface area contributed by atoms with Crippen molar-refractivity contribution in [3.05, 3.63) is 17.5 Å². The summed E-state index contributed by atoms with van der Waals surface area (Å²) in [7, 11) is 2.75. The Balaban J connectivity index is 2.08. The topological polar surface area (TPSA) is 161 Å². The fourth-order valence-corrected chi connectivity index (χ4v) is 3.27. The van der Waals surface area contributed by atoms with Crippen molar-refractivity contribution in [1.29, 1.82) is 0 Å². The summed E-state index contributed by atoms with van der Waals surface area (Å²) in [5.41, 5.74) is -0.899. The van der Waals surface area contributed by atoms with Gasteiger partial charge in [0, 0.05) is 20.3 Å². The number of ether oxygens (including phenoxy) is 3. The van der Waals surface area contributed by atoms with Crippen LogP contribution in [0.5, 0.6) is 0 Å². The molecule has 0 radical (unpaired) electrons. The number of amides is 3. The van der Waals surface area contributed by atoms with E-state index in [1.807, 2.05) is 13.8 Å². The zero-order valence-electron chi connectivity index (χ0n) is 20.4. The van der Waals surface area contributed by atoms with E-state index in [0.29, 0.717) is 18.8 Å². The summed E-state index contributed by atoms with van der Waals surface area (Å²) in [6.07, 6.45) is 0.413. The van der Waals surface area contributed by atoms with E-state index in [2.05, 4.69) is 21.1 Å². The predicted molar refractivity (Wildman–Crippen MR) is 119 cm³/mol. The number of aromatic nitrogens is 1. The van der Waals surface area contributed by atoms with Gasteiger partial charge in [-0.25, -0.2) is 0 Å². The second-order valence-electron chi connectivity index (χ2n) is 8.90. The second-order valence-corrected chi connectivity index (χ2v) is 8.90. The average molecular weight is 483 g/mol. The number of carbonyl (C=O) groups excluding carboxylic acids is 4. The van der Waals surface area contributed by atoms with E-state index >= 15 is 0 Å². The number of carbonyl (C=O) groups is 4. The molecule has 4 atom stereocenters. The van der Waals surface area contributed by atoms with Crippen LogP contribution in [0.25, 0.3) is 0 Å². The van der Waals surface area contributed by atoms with E-state index in [-0.39, 0.29) is 30.6 Å². The smallest absolute Gasteiger partial charge is 0.274 e. The molecule has 0 bridgehead atoms. The van der Waals surface area contributed by atoms with Crippen molar-refractivity contribution < 1.29 is 37.9 Å². The Hall–Kier alpha value is -2.83. The Labute approximate surface area is 198 Å². The molecule has 12 nitrogen and oxygen atoms in total. The minimum absolute atomic E-state index is 0.00316. The third-order valence-corrected chi connectivity index (χ3v) is 5.22. The molecule has 1 aromatic rings. The zero-order valence-corrected chi connectivity index (χ0v) is 20.4. The van der Waals surface area contributed by atoms with Gasteiger partial charge in [0.1, 0.15) is 23.4 Å². The summed E-state index contributed by atoms with van der Waals surface area (Å²) in [4.78, 5) is 51.1. The summed E-state index contributed by atoms with van der Waals surface area (Å²) in [5, 5.41) is 11.4. The molecular formula is C22H34N4O8. The lowest BCUT2D eigenvalue weighted by Gasteiger charge is -2.26. The Morgan fingerprint density at radius 1 is 1.03 bits per heavy atom. The first-order valence-corrected chi connectivity index (χ1v) is 11.0. The Bertz CT molecular complexity index is 880. The van der Waals surface area contributed by atoms with E-state index < -0.39 is 41.4 Å². The first-order valence-electron chi connectivity index (χ1n) is 11.0. The monoisotopic (exact) mass is 482 g/mol. The van der Waals surface area contributed by atoms with Gasteiger partial charge in [-0.2, -0.15) is 0 Å². The largest absolute Gasteiger partial charge is 0.382 e. The Morgan fingerprint density at radius 2 is 1.56 bits per heavy atom. The fourth-order valence-electron chi connectivity index (χ4n) is 3.27. The summed E-state index contributed by atoms with van der Waals surface area (Å²) < 4.78 is 20.3. The van der Waals surface area contributed by atoms with E-state index in [4.69, 9.17) is 18.7 Å². The third kappa shape index (κ3) is 7.61. The molecule has 190 valence electrons. The minimum atomic E-state index is -1.12. The van der Waals surface area contributed by atoms with Crippen LogP contribution in [0, 0.1) is 12.8 Å². The highest BCUT2D eigenvalue weighted by atomic mass is 16.6. The molecule has 3 N–H and O–H groups in total. The van der Waals surface area contributed by atoms with E-state index in [1.54, 1.807) is 13.8 Å². The number of hydrogen-bond acceptors (Lipinski definition) is 9. The summed E-state index contributed by atoms with van der Waals surface area (Å²) in [5.74, 6) is -1.55. The predicted octanol–water partition coefficient (Wildman–Crippen LogP) is -0.252. The fraction of sp³-hybridized carbons (Fsp3) is 0.682. The normalized spacial score (nSPS) is 19.7. The highest BCUT2D eigenvalue weighted by molar-refractivity contribution is 5.99. The summed E-state index contributed by atoms with van der Waals surface area (Å²) >= 11 is 0. The quantitative estimate of drug-likeness (QED) is 0.304. The number of hydrogen-bond donors (Lipinski definition) is 3. The van der Waals surface area contributed by atoms with Crippen LogP contribution in [0.4, 0.5) is 0 Å². The number of Topliss-reactive ketones (excluding diaryl/α,β-unsaturated/α-hetero) is 1. The van der Waals surface area contributed by atoms with Gasteiger partial charge in [-0.05, 0) is 26.2 Å². The van der Waals surface area contributed by atoms with Gasteiger partial charge in [0.2, 0.25) is 11.8 Å². The van der Waals surface area contributed by atoms with Crippen molar-refractivity contribution in [3.63, 3.8) is 0 Å². The highest BCUT2D eigenvalue weighted by Crippen LogP contribution is 2.29. The average Bonchev–Trinajstić information content (AvgIpc) is 3.37. The molecule has 1 fully saturated rings.